The number of rotatable bonds is 9. The van der Waals surface area contributed by atoms with Crippen LogP contribution in [0.15, 0.2) is 229 Å². The van der Waals surface area contributed by atoms with E-state index in [0.29, 0.717) is 5.69 Å². The fourth-order valence-electron chi connectivity index (χ4n) is 12.0. The lowest BCUT2D eigenvalue weighted by Crippen LogP contribution is -2.14. The molecule has 1 N–H and O–H groups in total. The van der Waals surface area contributed by atoms with Gasteiger partial charge in [-0.2, -0.15) is 0 Å². The second kappa shape index (κ2) is 18.6. The van der Waals surface area contributed by atoms with E-state index in [0.717, 1.165) is 105 Å². The Hall–Kier alpha value is -9.12. The summed E-state index contributed by atoms with van der Waals surface area (Å²) in [5.41, 5.74) is 18.5. The molecule has 4 heteroatoms. The number of hydrogen-bond acceptors (Lipinski definition) is 4. The Bertz CT molecular complexity index is 4430. The normalized spacial score (nSPS) is 12.2. The molecule has 13 rings (SSSR count). The van der Waals surface area contributed by atoms with Crippen LogP contribution in [0.2, 0.25) is 0 Å². The number of aryl methyl sites for hydroxylation is 2. The van der Waals surface area contributed by atoms with Gasteiger partial charge in [0.15, 0.2) is 5.58 Å². The first-order chi connectivity index (χ1) is 37.7. The number of nitrogens with zero attached hydrogens (tertiary/aromatic N) is 2. The molecular weight excluding hydrogens is 949 g/mol. The minimum absolute atomic E-state index is 0.0218. The highest BCUT2D eigenvalue weighted by Gasteiger charge is 2.27. The second-order valence-corrected chi connectivity index (χ2v) is 23.2. The number of aromatic hydroxyl groups is 1. The zero-order valence-corrected chi connectivity index (χ0v) is 45.6. The fourth-order valence-corrected chi connectivity index (χ4v) is 12.0. The van der Waals surface area contributed by atoms with Crippen LogP contribution in [0.4, 0.5) is 34.1 Å². The summed E-state index contributed by atoms with van der Waals surface area (Å²) < 4.78 is 7.21. The summed E-state index contributed by atoms with van der Waals surface area (Å²) in [5.74, 6) is 0.214. The van der Waals surface area contributed by atoms with E-state index in [9.17, 15) is 5.11 Å². The SMILES string of the molecule is Cc1ccccc1-c1cccc(-c2cccc(N(c3ccc(C(C)(C)C)cc3)c3ccc4ccc5c(N(c6ccc(C(C)(C)C)cc6)c6cccc7c6oc6c(-c8ccccc8C)cccc67)ccc6ccc3c4c65)c2O)c1. The van der Waals surface area contributed by atoms with Crippen LogP contribution in [0.1, 0.15) is 63.8 Å². The zero-order chi connectivity index (χ0) is 53.6. The number of phenols is 1. The second-order valence-electron chi connectivity index (χ2n) is 23.2. The minimum atomic E-state index is -0.0408. The van der Waals surface area contributed by atoms with Crippen molar-refractivity contribution >= 4 is 88.4 Å². The minimum Gasteiger partial charge on any atom is -0.505 e. The van der Waals surface area contributed by atoms with Crippen molar-refractivity contribution in [2.24, 2.45) is 0 Å². The lowest BCUT2D eigenvalue weighted by atomic mass is 9.87. The molecule has 0 saturated heterocycles. The van der Waals surface area contributed by atoms with Crippen molar-refractivity contribution in [3.8, 4) is 39.1 Å². The molecule has 4 nitrogen and oxygen atoms in total. The van der Waals surface area contributed by atoms with E-state index < -0.39 is 0 Å². The molecule has 0 bridgehead atoms. The van der Waals surface area contributed by atoms with E-state index in [4.69, 9.17) is 4.42 Å². The summed E-state index contributed by atoms with van der Waals surface area (Å²) in [6, 6.07) is 80.8. The molecule has 0 fully saturated rings. The van der Waals surface area contributed by atoms with Crippen LogP contribution < -0.4 is 9.80 Å². The van der Waals surface area contributed by atoms with Gasteiger partial charge in [-0.15, -0.1) is 0 Å². The van der Waals surface area contributed by atoms with Crippen LogP contribution in [0.3, 0.4) is 0 Å². The maximum absolute atomic E-state index is 12.8. The van der Waals surface area contributed by atoms with Gasteiger partial charge in [0.25, 0.3) is 0 Å². The van der Waals surface area contributed by atoms with Crippen LogP contribution in [0.5, 0.6) is 5.75 Å². The number of fused-ring (bicyclic) bond motifs is 3. The lowest BCUT2D eigenvalue weighted by molar-refractivity contribution is 0.478. The van der Waals surface area contributed by atoms with Gasteiger partial charge in [0.05, 0.1) is 22.7 Å². The third kappa shape index (κ3) is 8.14. The zero-order valence-electron chi connectivity index (χ0n) is 45.6. The number of phenolic OH excluding ortho intramolecular Hbond substituents is 1. The molecule has 0 aliphatic carbocycles. The molecule has 78 heavy (non-hydrogen) atoms. The molecule has 380 valence electrons. The third-order valence-corrected chi connectivity index (χ3v) is 16.1. The number of para-hydroxylation sites is 3. The Morgan fingerprint density at radius 1 is 0.346 bits per heavy atom. The highest BCUT2D eigenvalue weighted by molar-refractivity contribution is 6.28. The topological polar surface area (TPSA) is 39.9 Å². The van der Waals surface area contributed by atoms with Crippen LogP contribution in [-0.4, -0.2) is 5.11 Å². The largest absolute Gasteiger partial charge is 0.505 e. The van der Waals surface area contributed by atoms with Crippen molar-refractivity contribution < 1.29 is 9.52 Å². The van der Waals surface area contributed by atoms with Crippen molar-refractivity contribution in [1.82, 2.24) is 0 Å². The standard InChI is InChI=1S/C74H62N2O2/c1-46-17-9-11-21-56(46)50-19-13-20-51(45-50)58-23-15-27-66(70(58)77)75(54-37-33-52(34-38-54)73(3,4)5)64-43-31-48-30-42-63-65(44-32-49-29-41-62(64)68(48)69(49)63)76(55-39-35-53(36-40-55)74(6,7)8)67-28-16-26-61-60-25-14-24-59(71(60)78-72(61)67)57-22-12-10-18-47(57)2/h9-45,77H,1-8H3. The average Bonchev–Trinajstić information content (AvgIpc) is 3.86. The highest BCUT2D eigenvalue weighted by atomic mass is 16.3. The van der Waals surface area contributed by atoms with E-state index in [1.165, 1.54) is 33.2 Å². The number of hydrogen-bond donors (Lipinski definition) is 1. The van der Waals surface area contributed by atoms with Gasteiger partial charge in [-0.3, -0.25) is 0 Å². The van der Waals surface area contributed by atoms with Crippen molar-refractivity contribution in [2.45, 2.75) is 66.2 Å². The van der Waals surface area contributed by atoms with Gasteiger partial charge in [0.1, 0.15) is 11.3 Å². The average molecular weight is 1010 g/mol. The van der Waals surface area contributed by atoms with Gasteiger partial charge in [-0.1, -0.05) is 211 Å². The van der Waals surface area contributed by atoms with Crippen molar-refractivity contribution in [2.75, 3.05) is 9.80 Å². The summed E-state index contributed by atoms with van der Waals surface area (Å²) in [5, 5.41) is 21.8. The Morgan fingerprint density at radius 3 is 1.35 bits per heavy atom. The summed E-state index contributed by atoms with van der Waals surface area (Å²) in [6.45, 7) is 17.8. The smallest absolute Gasteiger partial charge is 0.159 e. The molecule has 1 heterocycles. The molecule has 12 aromatic carbocycles. The first-order valence-corrected chi connectivity index (χ1v) is 27.2. The van der Waals surface area contributed by atoms with Crippen molar-refractivity contribution in [3.63, 3.8) is 0 Å². The monoisotopic (exact) mass is 1010 g/mol. The van der Waals surface area contributed by atoms with Crippen molar-refractivity contribution in [1.29, 1.82) is 0 Å². The lowest BCUT2D eigenvalue weighted by Gasteiger charge is -2.30. The van der Waals surface area contributed by atoms with Crippen molar-refractivity contribution in [3.05, 3.63) is 247 Å². The molecule has 0 aliphatic heterocycles. The van der Waals surface area contributed by atoms with Crippen LogP contribution in [-0.2, 0) is 10.8 Å². The van der Waals surface area contributed by atoms with E-state index in [1.807, 2.05) is 12.1 Å². The van der Waals surface area contributed by atoms with Gasteiger partial charge in [0.2, 0.25) is 0 Å². The Kier molecular flexibility index (Phi) is 11.5. The van der Waals surface area contributed by atoms with E-state index in [2.05, 4.69) is 278 Å². The summed E-state index contributed by atoms with van der Waals surface area (Å²) in [6.07, 6.45) is 0. The van der Waals surface area contributed by atoms with Crippen LogP contribution >= 0.6 is 0 Å². The quantitative estimate of drug-likeness (QED) is 0.146. The summed E-state index contributed by atoms with van der Waals surface area (Å²) in [7, 11) is 0. The van der Waals surface area contributed by atoms with E-state index in [1.54, 1.807) is 0 Å². The first-order valence-electron chi connectivity index (χ1n) is 27.2. The molecule has 0 amide bonds. The third-order valence-electron chi connectivity index (χ3n) is 16.1. The van der Waals surface area contributed by atoms with Gasteiger partial charge < -0.3 is 19.3 Å². The number of anilines is 6. The molecule has 0 aliphatic rings. The van der Waals surface area contributed by atoms with Gasteiger partial charge in [0, 0.05) is 44.0 Å². The maximum atomic E-state index is 12.8. The molecule has 13 aromatic rings. The highest BCUT2D eigenvalue weighted by Crippen LogP contribution is 2.52. The number of benzene rings is 12. The summed E-state index contributed by atoms with van der Waals surface area (Å²) in [4.78, 5) is 4.65. The molecular formula is C74H62N2O2. The first kappa shape index (κ1) is 48.5. The molecule has 0 radical (unpaired) electrons. The molecule has 1 aromatic heterocycles. The van der Waals surface area contributed by atoms with Gasteiger partial charge in [-0.25, -0.2) is 0 Å². The summed E-state index contributed by atoms with van der Waals surface area (Å²) >= 11 is 0. The Morgan fingerprint density at radius 2 is 0.782 bits per heavy atom. The number of furan rings is 1. The molecule has 0 saturated carbocycles. The van der Waals surface area contributed by atoms with Gasteiger partial charge >= 0.3 is 0 Å². The molecule has 0 atom stereocenters. The molecule has 0 spiro atoms. The maximum Gasteiger partial charge on any atom is 0.159 e. The van der Waals surface area contributed by atoms with E-state index in [-0.39, 0.29) is 16.6 Å². The Balaban J connectivity index is 1.03. The predicted molar refractivity (Wildman–Crippen MR) is 332 cm³/mol. The van der Waals surface area contributed by atoms with Crippen LogP contribution in [0.25, 0.3) is 87.6 Å². The van der Waals surface area contributed by atoms with Crippen LogP contribution in [0, 0.1) is 13.8 Å². The van der Waals surface area contributed by atoms with Gasteiger partial charge in [-0.05, 0) is 145 Å². The van der Waals surface area contributed by atoms with E-state index >= 15 is 0 Å². The fraction of sp³-hybridized carbons (Fsp3) is 0.135. The Labute approximate surface area is 457 Å². The predicted octanol–water partition coefficient (Wildman–Crippen LogP) is 21.3. The molecule has 0 unspecified atom stereocenters.